The highest BCUT2D eigenvalue weighted by molar-refractivity contribution is 5.74. The number of carbonyl (C=O) groups is 1. The van der Waals surface area contributed by atoms with Crippen molar-refractivity contribution in [2.24, 2.45) is 5.92 Å². The third-order valence-electron chi connectivity index (χ3n) is 4.21. The molecule has 0 aliphatic carbocycles. The Kier molecular flexibility index (Phi) is 3.92. The number of fused-ring (bicyclic) bond motifs is 1. The number of H-pyrrole nitrogens is 1. The molecule has 1 unspecified atom stereocenters. The summed E-state index contributed by atoms with van der Waals surface area (Å²) in [5, 5.41) is 0. The molecule has 1 amide bonds. The quantitative estimate of drug-likeness (QED) is 0.875. The van der Waals surface area contributed by atoms with Crippen LogP contribution in [-0.2, 0) is 4.79 Å². The molecule has 21 heavy (non-hydrogen) atoms. The summed E-state index contributed by atoms with van der Waals surface area (Å²) in [7, 11) is 0. The van der Waals surface area contributed by atoms with Crippen LogP contribution in [0.5, 0.6) is 0 Å². The van der Waals surface area contributed by atoms with Gasteiger partial charge in [0.25, 0.3) is 0 Å². The third kappa shape index (κ3) is 2.78. The Labute approximate surface area is 125 Å². The Balaban J connectivity index is 1.86. The van der Waals surface area contributed by atoms with E-state index in [0.29, 0.717) is 5.92 Å². The fourth-order valence-electron chi connectivity index (χ4n) is 3.14. The standard InChI is InChI=1S/C16H22N4O/c1-12(2)15(20-9-7-19(11-21)8-10-20)16-17-13-5-3-4-6-14(13)18-16/h3-6,11-12,15H,7-10H2,1-2H3,(H,17,18). The first-order valence-corrected chi connectivity index (χ1v) is 7.57. The second kappa shape index (κ2) is 5.85. The minimum absolute atomic E-state index is 0.270. The number of nitrogens with zero attached hydrogens (tertiary/aromatic N) is 3. The van der Waals surface area contributed by atoms with Crippen LogP contribution in [0.2, 0.25) is 0 Å². The number of aromatic amines is 1. The lowest BCUT2D eigenvalue weighted by Crippen LogP contribution is -2.48. The minimum Gasteiger partial charge on any atom is -0.343 e. The van der Waals surface area contributed by atoms with E-state index in [9.17, 15) is 4.79 Å². The molecule has 1 atom stereocenters. The van der Waals surface area contributed by atoms with Gasteiger partial charge in [-0.25, -0.2) is 4.98 Å². The van der Waals surface area contributed by atoms with Gasteiger partial charge in [-0.1, -0.05) is 26.0 Å². The van der Waals surface area contributed by atoms with Crippen LogP contribution in [0, 0.1) is 5.92 Å². The number of rotatable bonds is 4. The van der Waals surface area contributed by atoms with Gasteiger partial charge in [0.15, 0.2) is 0 Å². The molecule has 2 aromatic rings. The molecule has 1 aromatic carbocycles. The molecule has 1 aromatic heterocycles. The molecule has 1 fully saturated rings. The van der Waals surface area contributed by atoms with E-state index in [1.54, 1.807) is 0 Å². The van der Waals surface area contributed by atoms with Crippen LogP contribution in [-0.4, -0.2) is 52.4 Å². The molecular formula is C16H22N4O. The lowest BCUT2D eigenvalue weighted by Gasteiger charge is -2.38. The van der Waals surface area contributed by atoms with Crippen molar-refractivity contribution in [2.75, 3.05) is 26.2 Å². The fourth-order valence-corrected chi connectivity index (χ4v) is 3.14. The van der Waals surface area contributed by atoms with Crippen LogP contribution in [0.4, 0.5) is 0 Å². The first-order chi connectivity index (χ1) is 10.2. The Morgan fingerprint density at radius 2 is 1.90 bits per heavy atom. The number of aromatic nitrogens is 2. The van der Waals surface area contributed by atoms with E-state index in [4.69, 9.17) is 4.98 Å². The summed E-state index contributed by atoms with van der Waals surface area (Å²) >= 11 is 0. The second-order valence-electron chi connectivity index (χ2n) is 6.01. The van der Waals surface area contributed by atoms with Crippen LogP contribution >= 0.6 is 0 Å². The van der Waals surface area contributed by atoms with Crippen molar-refractivity contribution in [3.8, 4) is 0 Å². The molecular weight excluding hydrogens is 264 g/mol. The van der Waals surface area contributed by atoms with Crippen molar-refractivity contribution in [2.45, 2.75) is 19.9 Å². The Hall–Kier alpha value is -1.88. The predicted octanol–water partition coefficient (Wildman–Crippen LogP) is 2.03. The zero-order valence-corrected chi connectivity index (χ0v) is 12.6. The molecule has 2 heterocycles. The molecule has 0 bridgehead atoms. The summed E-state index contributed by atoms with van der Waals surface area (Å²) in [6.45, 7) is 7.85. The monoisotopic (exact) mass is 286 g/mol. The van der Waals surface area contributed by atoms with Crippen molar-refractivity contribution in [3.63, 3.8) is 0 Å². The SMILES string of the molecule is CC(C)C(c1nc2ccccc2[nH]1)N1CCN(C=O)CC1. The maximum absolute atomic E-state index is 10.8. The summed E-state index contributed by atoms with van der Waals surface area (Å²) in [5.41, 5.74) is 2.11. The number of benzene rings is 1. The van der Waals surface area contributed by atoms with Crippen LogP contribution in [0.25, 0.3) is 11.0 Å². The van der Waals surface area contributed by atoms with Gasteiger partial charge >= 0.3 is 0 Å². The summed E-state index contributed by atoms with van der Waals surface area (Å²) in [6, 6.07) is 8.41. The highest BCUT2D eigenvalue weighted by atomic mass is 16.1. The average Bonchev–Trinajstić information content (AvgIpc) is 2.91. The Bertz CT molecular complexity index is 581. The molecule has 1 aliphatic heterocycles. The summed E-state index contributed by atoms with van der Waals surface area (Å²) in [5.74, 6) is 1.50. The van der Waals surface area contributed by atoms with Crippen molar-refractivity contribution >= 4 is 17.4 Å². The Morgan fingerprint density at radius 3 is 2.52 bits per heavy atom. The molecule has 5 nitrogen and oxygen atoms in total. The van der Waals surface area contributed by atoms with Crippen molar-refractivity contribution in [3.05, 3.63) is 30.1 Å². The van der Waals surface area contributed by atoms with Gasteiger partial charge in [-0.15, -0.1) is 0 Å². The van der Waals surface area contributed by atoms with Gasteiger partial charge in [-0.05, 0) is 18.1 Å². The molecule has 0 saturated carbocycles. The minimum atomic E-state index is 0.270. The van der Waals surface area contributed by atoms with Crippen LogP contribution in [0.15, 0.2) is 24.3 Å². The largest absolute Gasteiger partial charge is 0.343 e. The number of carbonyl (C=O) groups excluding carboxylic acids is 1. The highest BCUT2D eigenvalue weighted by Gasteiger charge is 2.29. The predicted molar refractivity (Wildman–Crippen MR) is 82.9 cm³/mol. The first-order valence-electron chi connectivity index (χ1n) is 7.57. The fraction of sp³-hybridized carbons (Fsp3) is 0.500. The van der Waals surface area contributed by atoms with Crippen molar-refractivity contribution in [1.82, 2.24) is 19.8 Å². The van der Waals surface area contributed by atoms with E-state index in [0.717, 1.165) is 49.4 Å². The van der Waals surface area contributed by atoms with Gasteiger partial charge in [0, 0.05) is 26.2 Å². The molecule has 0 radical (unpaired) electrons. The molecule has 1 aliphatic rings. The molecule has 3 rings (SSSR count). The van der Waals surface area contributed by atoms with Gasteiger partial charge in [-0.2, -0.15) is 0 Å². The number of para-hydroxylation sites is 2. The maximum Gasteiger partial charge on any atom is 0.209 e. The number of nitrogens with one attached hydrogen (secondary N) is 1. The van der Waals surface area contributed by atoms with Crippen LogP contribution in [0.1, 0.15) is 25.7 Å². The normalized spacial score (nSPS) is 18.3. The number of hydrogen-bond donors (Lipinski definition) is 1. The molecule has 112 valence electrons. The summed E-state index contributed by atoms with van der Waals surface area (Å²) in [4.78, 5) is 23.4. The number of piperazine rings is 1. The smallest absolute Gasteiger partial charge is 0.209 e. The first kappa shape index (κ1) is 14.1. The highest BCUT2D eigenvalue weighted by Crippen LogP contribution is 2.28. The molecule has 1 N–H and O–H groups in total. The van der Waals surface area contributed by atoms with E-state index in [1.165, 1.54) is 0 Å². The number of amides is 1. The Morgan fingerprint density at radius 1 is 1.19 bits per heavy atom. The maximum atomic E-state index is 10.8. The van der Waals surface area contributed by atoms with Gasteiger partial charge < -0.3 is 9.88 Å². The van der Waals surface area contributed by atoms with E-state index < -0.39 is 0 Å². The summed E-state index contributed by atoms with van der Waals surface area (Å²) in [6.07, 6.45) is 0.947. The van der Waals surface area contributed by atoms with Crippen LogP contribution < -0.4 is 0 Å². The van der Waals surface area contributed by atoms with Crippen molar-refractivity contribution in [1.29, 1.82) is 0 Å². The number of imidazole rings is 1. The van der Waals surface area contributed by atoms with Gasteiger partial charge in [0.1, 0.15) is 5.82 Å². The second-order valence-corrected chi connectivity index (χ2v) is 6.01. The zero-order chi connectivity index (χ0) is 14.8. The van der Waals surface area contributed by atoms with Gasteiger partial charge in [0.05, 0.1) is 17.1 Å². The van der Waals surface area contributed by atoms with Gasteiger partial charge in [0.2, 0.25) is 6.41 Å². The molecule has 0 spiro atoms. The third-order valence-corrected chi connectivity index (χ3v) is 4.21. The van der Waals surface area contributed by atoms with E-state index in [2.05, 4.69) is 29.8 Å². The lowest BCUT2D eigenvalue weighted by molar-refractivity contribution is -0.120. The van der Waals surface area contributed by atoms with E-state index >= 15 is 0 Å². The van der Waals surface area contributed by atoms with Crippen LogP contribution in [0.3, 0.4) is 0 Å². The van der Waals surface area contributed by atoms with E-state index in [1.807, 2.05) is 23.1 Å². The average molecular weight is 286 g/mol. The lowest BCUT2D eigenvalue weighted by atomic mass is 10.0. The van der Waals surface area contributed by atoms with E-state index in [-0.39, 0.29) is 6.04 Å². The summed E-state index contributed by atoms with van der Waals surface area (Å²) < 4.78 is 0. The molecule has 1 saturated heterocycles. The van der Waals surface area contributed by atoms with Crippen molar-refractivity contribution < 1.29 is 4.79 Å². The van der Waals surface area contributed by atoms with Gasteiger partial charge in [-0.3, -0.25) is 9.69 Å². The zero-order valence-electron chi connectivity index (χ0n) is 12.6. The topological polar surface area (TPSA) is 52.2 Å². The molecule has 5 heteroatoms. The number of hydrogen-bond acceptors (Lipinski definition) is 3.